The number of hydrogen-bond donors (Lipinski definition) is 1. The molecule has 2 aromatic rings. The highest BCUT2D eigenvalue weighted by Gasteiger charge is 2.28. The third kappa shape index (κ3) is 7.00. The minimum Gasteiger partial charge on any atom is -0.484 e. The number of carbonyl (C=O) groups excluding carboxylic acids is 2. The van der Waals surface area contributed by atoms with Crippen LogP contribution in [0.25, 0.3) is 0 Å². The maximum Gasteiger partial charge on any atom is 0.261 e. The van der Waals surface area contributed by atoms with Gasteiger partial charge in [0.05, 0.1) is 0 Å². The number of rotatable bonds is 8. The van der Waals surface area contributed by atoms with E-state index in [0.717, 1.165) is 36.8 Å². The first-order valence-electron chi connectivity index (χ1n) is 11.0. The zero-order chi connectivity index (χ0) is 22.2. The van der Waals surface area contributed by atoms with Gasteiger partial charge in [-0.05, 0) is 50.5 Å². The Balaban J connectivity index is 1.70. The second-order valence-electron chi connectivity index (χ2n) is 8.27. The minimum atomic E-state index is -0.598. The Bertz CT molecular complexity index is 879. The first kappa shape index (κ1) is 23.1. The minimum absolute atomic E-state index is 0.116. The van der Waals surface area contributed by atoms with Gasteiger partial charge in [-0.15, -0.1) is 0 Å². The summed E-state index contributed by atoms with van der Waals surface area (Å²) in [4.78, 5) is 27.6. The first-order valence-corrected chi connectivity index (χ1v) is 11.3. The maximum absolute atomic E-state index is 13.1. The molecule has 0 bridgehead atoms. The highest BCUT2D eigenvalue weighted by Crippen LogP contribution is 2.19. The number of carbonyl (C=O) groups is 2. The summed E-state index contributed by atoms with van der Waals surface area (Å²) in [5.74, 6) is 0.164. The molecule has 2 aromatic carbocycles. The molecule has 1 atom stereocenters. The molecule has 0 unspecified atom stereocenters. The standard InChI is InChI=1S/C25H31ClN2O3/c1-18-11-13-20(14-12-18)16-28(19(2)25(30)27-22-8-4-3-5-9-22)24(29)17-31-23-10-6-7-21(26)15-23/h6-7,10-15,19,22H,3-5,8-9,16-17H2,1-2H3,(H,27,30)/t19-/m0/s1. The number of aryl methyl sites for hydroxylation is 1. The number of benzene rings is 2. The van der Waals surface area contributed by atoms with E-state index >= 15 is 0 Å². The van der Waals surface area contributed by atoms with Crippen LogP contribution in [0.15, 0.2) is 48.5 Å². The van der Waals surface area contributed by atoms with E-state index in [1.54, 1.807) is 36.1 Å². The van der Waals surface area contributed by atoms with Crippen molar-refractivity contribution < 1.29 is 14.3 Å². The predicted molar refractivity (Wildman–Crippen MR) is 123 cm³/mol. The van der Waals surface area contributed by atoms with Crippen LogP contribution in [-0.2, 0) is 16.1 Å². The van der Waals surface area contributed by atoms with Gasteiger partial charge >= 0.3 is 0 Å². The molecule has 1 aliphatic rings. The van der Waals surface area contributed by atoms with Crippen LogP contribution in [0.3, 0.4) is 0 Å². The van der Waals surface area contributed by atoms with Crippen molar-refractivity contribution in [2.75, 3.05) is 6.61 Å². The zero-order valence-corrected chi connectivity index (χ0v) is 19.0. The molecule has 5 nitrogen and oxygen atoms in total. The fourth-order valence-corrected chi connectivity index (χ4v) is 4.01. The maximum atomic E-state index is 13.1. The van der Waals surface area contributed by atoms with Crippen LogP contribution in [0, 0.1) is 6.92 Å². The van der Waals surface area contributed by atoms with Crippen molar-refractivity contribution in [1.82, 2.24) is 10.2 Å². The summed E-state index contributed by atoms with van der Waals surface area (Å²) in [6.45, 7) is 3.99. The van der Waals surface area contributed by atoms with Crippen molar-refractivity contribution in [2.24, 2.45) is 0 Å². The zero-order valence-electron chi connectivity index (χ0n) is 18.3. The molecule has 0 spiro atoms. The monoisotopic (exact) mass is 442 g/mol. The highest BCUT2D eigenvalue weighted by atomic mass is 35.5. The molecule has 1 aliphatic carbocycles. The van der Waals surface area contributed by atoms with Crippen molar-refractivity contribution in [2.45, 2.75) is 64.6 Å². The van der Waals surface area contributed by atoms with E-state index < -0.39 is 6.04 Å². The molecule has 0 heterocycles. The average Bonchev–Trinajstić information content (AvgIpc) is 2.77. The quantitative estimate of drug-likeness (QED) is 0.633. The molecule has 31 heavy (non-hydrogen) atoms. The van der Waals surface area contributed by atoms with Gasteiger partial charge in [-0.1, -0.05) is 66.8 Å². The number of nitrogens with zero attached hydrogens (tertiary/aromatic N) is 1. The van der Waals surface area contributed by atoms with Gasteiger partial charge in [0.1, 0.15) is 11.8 Å². The second-order valence-corrected chi connectivity index (χ2v) is 8.71. The van der Waals surface area contributed by atoms with Gasteiger partial charge < -0.3 is 15.0 Å². The number of hydrogen-bond acceptors (Lipinski definition) is 3. The molecule has 1 N–H and O–H groups in total. The summed E-state index contributed by atoms with van der Waals surface area (Å²) < 4.78 is 5.66. The van der Waals surface area contributed by atoms with Crippen LogP contribution in [0.2, 0.25) is 5.02 Å². The Morgan fingerprint density at radius 2 is 1.84 bits per heavy atom. The van der Waals surface area contributed by atoms with Gasteiger partial charge in [0, 0.05) is 17.6 Å². The summed E-state index contributed by atoms with van der Waals surface area (Å²) in [6.07, 6.45) is 5.50. The van der Waals surface area contributed by atoms with Crippen LogP contribution < -0.4 is 10.1 Å². The van der Waals surface area contributed by atoms with E-state index in [2.05, 4.69) is 5.32 Å². The molecule has 166 valence electrons. The normalized spacial score (nSPS) is 15.2. The van der Waals surface area contributed by atoms with E-state index in [4.69, 9.17) is 16.3 Å². The van der Waals surface area contributed by atoms with Crippen LogP contribution in [0.4, 0.5) is 0 Å². The van der Waals surface area contributed by atoms with Crippen molar-refractivity contribution in [3.05, 3.63) is 64.7 Å². The summed E-state index contributed by atoms with van der Waals surface area (Å²) >= 11 is 6.00. The molecule has 0 saturated heterocycles. The second kappa shape index (κ2) is 11.2. The van der Waals surface area contributed by atoms with Gasteiger partial charge in [0.2, 0.25) is 5.91 Å². The molecular formula is C25H31ClN2O3. The van der Waals surface area contributed by atoms with Crippen molar-refractivity contribution in [3.63, 3.8) is 0 Å². The summed E-state index contributed by atoms with van der Waals surface area (Å²) in [7, 11) is 0. The Morgan fingerprint density at radius 3 is 2.52 bits per heavy atom. The topological polar surface area (TPSA) is 58.6 Å². The average molecular weight is 443 g/mol. The SMILES string of the molecule is Cc1ccc(CN(C(=O)COc2cccc(Cl)c2)[C@@H](C)C(=O)NC2CCCCC2)cc1. The van der Waals surface area contributed by atoms with Gasteiger partial charge in [-0.3, -0.25) is 9.59 Å². The molecule has 1 saturated carbocycles. The van der Waals surface area contributed by atoms with E-state index in [0.29, 0.717) is 17.3 Å². The lowest BCUT2D eigenvalue weighted by atomic mass is 9.95. The summed E-state index contributed by atoms with van der Waals surface area (Å²) in [5, 5.41) is 3.68. The van der Waals surface area contributed by atoms with E-state index in [-0.39, 0.29) is 24.5 Å². The van der Waals surface area contributed by atoms with Crippen molar-refractivity contribution in [1.29, 1.82) is 0 Å². The molecule has 3 rings (SSSR count). The molecule has 0 aliphatic heterocycles. The molecule has 6 heteroatoms. The fraction of sp³-hybridized carbons (Fsp3) is 0.440. The number of ether oxygens (including phenoxy) is 1. The van der Waals surface area contributed by atoms with Gasteiger partial charge in [0.15, 0.2) is 6.61 Å². The highest BCUT2D eigenvalue weighted by molar-refractivity contribution is 6.30. The number of amides is 2. The van der Waals surface area contributed by atoms with Crippen LogP contribution in [-0.4, -0.2) is 35.4 Å². The van der Waals surface area contributed by atoms with E-state index in [1.165, 1.54) is 6.42 Å². The lowest BCUT2D eigenvalue weighted by Gasteiger charge is -2.31. The van der Waals surface area contributed by atoms with Gasteiger partial charge in [-0.25, -0.2) is 0 Å². The van der Waals surface area contributed by atoms with Crippen molar-refractivity contribution in [3.8, 4) is 5.75 Å². The predicted octanol–water partition coefficient (Wildman–Crippen LogP) is 4.89. The van der Waals surface area contributed by atoms with Crippen LogP contribution in [0.1, 0.15) is 50.2 Å². The molecule has 1 fully saturated rings. The molecule has 0 radical (unpaired) electrons. The summed E-state index contributed by atoms with van der Waals surface area (Å²) in [5.41, 5.74) is 2.12. The van der Waals surface area contributed by atoms with Crippen molar-refractivity contribution >= 4 is 23.4 Å². The Hall–Kier alpha value is -2.53. The fourth-order valence-electron chi connectivity index (χ4n) is 3.83. The molecule has 0 aromatic heterocycles. The lowest BCUT2D eigenvalue weighted by Crippen LogP contribution is -2.51. The van der Waals surface area contributed by atoms with Crippen LogP contribution >= 0.6 is 11.6 Å². The van der Waals surface area contributed by atoms with E-state index in [9.17, 15) is 9.59 Å². The number of halogens is 1. The Morgan fingerprint density at radius 1 is 1.13 bits per heavy atom. The third-order valence-corrected chi connectivity index (χ3v) is 5.99. The molecule has 2 amide bonds. The smallest absolute Gasteiger partial charge is 0.261 e. The molecular weight excluding hydrogens is 412 g/mol. The summed E-state index contributed by atoms with van der Waals surface area (Å²) in [6, 6.07) is 14.5. The first-order chi connectivity index (χ1) is 14.9. The van der Waals surface area contributed by atoms with E-state index in [1.807, 2.05) is 31.2 Å². The van der Waals surface area contributed by atoms with Crippen LogP contribution in [0.5, 0.6) is 5.75 Å². The Kier molecular flexibility index (Phi) is 8.35. The number of nitrogens with one attached hydrogen (secondary N) is 1. The largest absolute Gasteiger partial charge is 0.484 e. The van der Waals surface area contributed by atoms with Gasteiger partial charge in [0.25, 0.3) is 5.91 Å². The van der Waals surface area contributed by atoms with Gasteiger partial charge in [-0.2, -0.15) is 0 Å². The third-order valence-electron chi connectivity index (χ3n) is 5.75. The lowest BCUT2D eigenvalue weighted by molar-refractivity contribution is -0.142. The Labute approximate surface area is 189 Å².